The number of hydrogen-bond donors (Lipinski definition) is 1. The van der Waals surface area contributed by atoms with Gasteiger partial charge in [-0.15, -0.1) is 0 Å². The standard InChI is InChI=1S/C4H11BOS2/c1-3-4(2)6-8-5-7/h4-5,7H,3H2,1-2H3. The Labute approximate surface area is 61.2 Å². The fourth-order valence-corrected chi connectivity index (χ4v) is 0.826. The topological polar surface area (TPSA) is 9.23 Å². The van der Waals surface area contributed by atoms with Crippen LogP contribution in [0.15, 0.2) is 0 Å². The quantitative estimate of drug-likeness (QED) is 0.370. The van der Waals surface area contributed by atoms with Crippen LogP contribution < -0.4 is 0 Å². The van der Waals surface area contributed by atoms with Crippen molar-refractivity contribution in [2.45, 2.75) is 26.4 Å². The minimum Gasteiger partial charge on any atom is -0.323 e. The summed E-state index contributed by atoms with van der Waals surface area (Å²) in [6, 6.07) is 0. The van der Waals surface area contributed by atoms with Gasteiger partial charge in [0.05, 0.1) is 6.10 Å². The monoisotopic (exact) mass is 150 g/mol. The lowest BCUT2D eigenvalue weighted by Crippen LogP contribution is -1.99. The Bertz CT molecular complexity index is 53.3. The van der Waals surface area contributed by atoms with Gasteiger partial charge >= 0.3 is 0 Å². The molecule has 0 spiro atoms. The molecule has 0 aromatic rings. The molecule has 1 nitrogen and oxygen atoms in total. The largest absolute Gasteiger partial charge is 0.323 e. The third-order valence-electron chi connectivity index (χ3n) is 0.860. The Morgan fingerprint density at radius 2 is 2.50 bits per heavy atom. The molecule has 0 heterocycles. The summed E-state index contributed by atoms with van der Waals surface area (Å²) in [4.78, 5) is 0. The summed E-state index contributed by atoms with van der Waals surface area (Å²) in [5.41, 5.74) is 0. The minimum absolute atomic E-state index is 0.368. The molecule has 0 rings (SSSR count). The van der Waals surface area contributed by atoms with Crippen molar-refractivity contribution < 1.29 is 4.18 Å². The van der Waals surface area contributed by atoms with Gasteiger partial charge in [-0.25, -0.2) is 12.5 Å². The Hall–Kier alpha value is 0.725. The summed E-state index contributed by atoms with van der Waals surface area (Å²) < 4.78 is 5.18. The van der Waals surface area contributed by atoms with E-state index in [0.717, 1.165) is 12.3 Å². The lowest BCUT2D eigenvalue weighted by Gasteiger charge is -2.05. The van der Waals surface area contributed by atoms with Crippen LogP contribution in [0.1, 0.15) is 20.3 Å². The van der Waals surface area contributed by atoms with Crippen molar-refractivity contribution in [1.82, 2.24) is 0 Å². The van der Waals surface area contributed by atoms with Crippen molar-refractivity contribution in [2.24, 2.45) is 0 Å². The Kier molecular flexibility index (Phi) is 6.38. The van der Waals surface area contributed by atoms with E-state index < -0.39 is 0 Å². The lowest BCUT2D eigenvalue weighted by molar-refractivity contribution is 0.263. The first-order valence-corrected chi connectivity index (χ1v) is 4.24. The molecule has 0 saturated carbocycles. The molecule has 0 N–H and O–H groups in total. The molecule has 0 bridgehead atoms. The highest BCUT2D eigenvalue weighted by Gasteiger charge is 1.95. The average Bonchev–Trinajstić information content (AvgIpc) is 1.83. The molecule has 0 saturated heterocycles. The van der Waals surface area contributed by atoms with Gasteiger partial charge < -0.3 is 4.18 Å². The van der Waals surface area contributed by atoms with E-state index in [1.807, 2.05) is 0 Å². The zero-order valence-electron chi connectivity index (χ0n) is 5.26. The molecule has 1 atom stereocenters. The van der Waals surface area contributed by atoms with Crippen molar-refractivity contribution in [3.63, 3.8) is 0 Å². The molecule has 0 aliphatic rings. The van der Waals surface area contributed by atoms with E-state index in [4.69, 9.17) is 4.18 Å². The van der Waals surface area contributed by atoms with Crippen LogP contribution in [0.3, 0.4) is 0 Å². The van der Waals surface area contributed by atoms with Crippen molar-refractivity contribution in [3.8, 4) is 0 Å². The van der Waals surface area contributed by atoms with E-state index in [-0.39, 0.29) is 0 Å². The molecular formula is C4H11BOS2. The van der Waals surface area contributed by atoms with Gasteiger partial charge in [-0.1, -0.05) is 18.8 Å². The molecular weight excluding hydrogens is 139 g/mol. The van der Waals surface area contributed by atoms with Gasteiger partial charge in [0.2, 0.25) is 0 Å². The van der Waals surface area contributed by atoms with Crippen LogP contribution in [0.5, 0.6) is 0 Å². The zero-order valence-corrected chi connectivity index (χ0v) is 6.97. The van der Waals surface area contributed by atoms with Gasteiger partial charge in [-0.3, -0.25) is 0 Å². The second-order valence-corrected chi connectivity index (χ2v) is 3.02. The normalized spacial score (nSPS) is 13.4. The minimum atomic E-state index is 0.368. The van der Waals surface area contributed by atoms with E-state index in [2.05, 4.69) is 26.3 Å². The summed E-state index contributed by atoms with van der Waals surface area (Å²) in [6.45, 7) is 4.15. The SMILES string of the molecule is CCC(C)OSBS. The highest BCUT2D eigenvalue weighted by molar-refractivity contribution is 8.42. The molecule has 0 fully saturated rings. The van der Waals surface area contributed by atoms with Gasteiger partial charge in [0.25, 0.3) is 5.84 Å². The summed E-state index contributed by atoms with van der Waals surface area (Å²) in [5.74, 6) is 0.740. The first-order chi connectivity index (χ1) is 3.81. The van der Waals surface area contributed by atoms with Gasteiger partial charge in [-0.05, 0) is 13.3 Å². The third-order valence-corrected chi connectivity index (χ3v) is 1.75. The molecule has 0 radical (unpaired) electrons. The molecule has 0 aliphatic heterocycles. The second-order valence-electron chi connectivity index (χ2n) is 1.56. The summed E-state index contributed by atoms with van der Waals surface area (Å²) >= 11 is 5.38. The molecule has 8 heavy (non-hydrogen) atoms. The van der Waals surface area contributed by atoms with E-state index in [0.29, 0.717) is 6.10 Å². The van der Waals surface area contributed by atoms with E-state index in [1.54, 1.807) is 0 Å². The molecule has 1 unspecified atom stereocenters. The van der Waals surface area contributed by atoms with Gasteiger partial charge in [-0.2, -0.15) is 0 Å². The predicted molar refractivity (Wildman–Crippen MR) is 44.6 cm³/mol. The Morgan fingerprint density at radius 1 is 1.88 bits per heavy atom. The van der Waals surface area contributed by atoms with Crippen molar-refractivity contribution in [2.75, 3.05) is 0 Å². The molecule has 4 heteroatoms. The number of thiol groups is 1. The maximum absolute atomic E-state index is 5.18. The fourth-order valence-electron chi connectivity index (χ4n) is 0.215. The maximum atomic E-state index is 5.18. The average molecular weight is 150 g/mol. The molecule has 48 valence electrons. The fraction of sp³-hybridized carbons (Fsp3) is 1.00. The second kappa shape index (κ2) is 5.85. The van der Waals surface area contributed by atoms with Crippen LogP contribution in [0, 0.1) is 0 Å². The molecule has 0 amide bonds. The van der Waals surface area contributed by atoms with Gasteiger partial charge in [0.1, 0.15) is 0 Å². The first-order valence-electron chi connectivity index (χ1n) is 2.70. The number of hydrogen-bond acceptors (Lipinski definition) is 3. The van der Waals surface area contributed by atoms with Crippen LogP contribution in [0.2, 0.25) is 0 Å². The van der Waals surface area contributed by atoms with Gasteiger partial charge in [0, 0.05) is 0 Å². The highest BCUT2D eigenvalue weighted by Crippen LogP contribution is 2.07. The van der Waals surface area contributed by atoms with E-state index in [1.165, 1.54) is 11.9 Å². The van der Waals surface area contributed by atoms with Crippen LogP contribution in [0.25, 0.3) is 0 Å². The van der Waals surface area contributed by atoms with Crippen molar-refractivity contribution in [3.05, 3.63) is 0 Å². The van der Waals surface area contributed by atoms with Gasteiger partial charge in [0.15, 0.2) is 0 Å². The summed E-state index contributed by atoms with van der Waals surface area (Å²) in [6.07, 6.45) is 1.44. The molecule has 0 aliphatic carbocycles. The van der Waals surface area contributed by atoms with Crippen LogP contribution >= 0.6 is 24.4 Å². The van der Waals surface area contributed by atoms with E-state index >= 15 is 0 Å². The summed E-state index contributed by atoms with van der Waals surface area (Å²) in [5, 5.41) is 0. The van der Waals surface area contributed by atoms with E-state index in [9.17, 15) is 0 Å². The smallest absolute Gasteiger partial charge is 0.289 e. The van der Waals surface area contributed by atoms with Crippen LogP contribution in [-0.4, -0.2) is 11.9 Å². The maximum Gasteiger partial charge on any atom is 0.289 e. The number of rotatable bonds is 4. The first kappa shape index (κ1) is 8.72. The van der Waals surface area contributed by atoms with Crippen molar-refractivity contribution in [1.29, 1.82) is 0 Å². The third kappa shape index (κ3) is 4.87. The molecule has 0 aromatic carbocycles. The van der Waals surface area contributed by atoms with Crippen LogP contribution in [0.4, 0.5) is 0 Å². The predicted octanol–water partition coefficient (Wildman–Crippen LogP) is 1.65. The Balaban J connectivity index is 2.86. The van der Waals surface area contributed by atoms with Crippen molar-refractivity contribution >= 4 is 30.2 Å². The summed E-state index contributed by atoms with van der Waals surface area (Å²) in [7, 11) is 0. The van der Waals surface area contributed by atoms with Crippen LogP contribution in [-0.2, 0) is 4.18 Å². The zero-order chi connectivity index (χ0) is 6.41. The highest BCUT2D eigenvalue weighted by atomic mass is 32.2. The Morgan fingerprint density at radius 3 is 2.88 bits per heavy atom. The molecule has 0 aromatic heterocycles. The lowest BCUT2D eigenvalue weighted by atomic mass is 10.3.